The second-order valence-corrected chi connectivity index (χ2v) is 6.70. The summed E-state index contributed by atoms with van der Waals surface area (Å²) in [5.41, 5.74) is 4.15. The summed E-state index contributed by atoms with van der Waals surface area (Å²) in [5, 5.41) is 3.45. The van der Waals surface area contributed by atoms with Crippen LogP contribution in [-0.2, 0) is 6.54 Å². The first kappa shape index (κ1) is 17.4. The Morgan fingerprint density at radius 2 is 1.96 bits per heavy atom. The average Bonchev–Trinajstić information content (AvgIpc) is 3.11. The molecule has 0 bridgehead atoms. The summed E-state index contributed by atoms with van der Waals surface area (Å²) in [5.74, 6) is 0.597. The summed E-state index contributed by atoms with van der Waals surface area (Å²) in [6.45, 7) is 4.63. The molecule has 0 aliphatic carbocycles. The van der Waals surface area contributed by atoms with E-state index in [0.717, 1.165) is 17.0 Å². The highest BCUT2D eigenvalue weighted by molar-refractivity contribution is 6.28. The maximum absolute atomic E-state index is 6.10. The van der Waals surface area contributed by atoms with Crippen molar-refractivity contribution in [2.24, 2.45) is 0 Å². The Kier molecular flexibility index (Phi) is 4.68. The van der Waals surface area contributed by atoms with E-state index in [0.29, 0.717) is 23.5 Å². The number of halogens is 1. The van der Waals surface area contributed by atoms with E-state index in [4.69, 9.17) is 11.6 Å². The third-order valence-corrected chi connectivity index (χ3v) is 4.34. The van der Waals surface area contributed by atoms with Crippen molar-refractivity contribution in [3.05, 3.63) is 60.0 Å². The standard InChI is InChI=1S/C19H18ClN7/c1-12(2)27-11-24-16-17(25-19(20)26-18(16)27)23-10-14-7-6-13(9-22-14)15-5-3-4-8-21-15/h3-9,11-12H,10H2,1-2H3,(H,23,25,26). The number of pyridine rings is 2. The maximum Gasteiger partial charge on any atom is 0.226 e. The topological polar surface area (TPSA) is 81.4 Å². The normalized spacial score (nSPS) is 11.3. The Balaban J connectivity index is 1.55. The van der Waals surface area contributed by atoms with E-state index in [1.165, 1.54) is 0 Å². The highest BCUT2D eigenvalue weighted by atomic mass is 35.5. The van der Waals surface area contributed by atoms with Crippen molar-refractivity contribution < 1.29 is 0 Å². The van der Waals surface area contributed by atoms with Gasteiger partial charge in [-0.25, -0.2) is 4.98 Å². The zero-order valence-corrected chi connectivity index (χ0v) is 15.7. The molecule has 136 valence electrons. The van der Waals surface area contributed by atoms with Crippen molar-refractivity contribution in [1.29, 1.82) is 0 Å². The van der Waals surface area contributed by atoms with Gasteiger partial charge in [-0.05, 0) is 49.7 Å². The number of nitrogens with zero attached hydrogens (tertiary/aromatic N) is 6. The van der Waals surface area contributed by atoms with Crippen molar-refractivity contribution in [3.63, 3.8) is 0 Å². The molecule has 0 saturated heterocycles. The average molecular weight is 380 g/mol. The predicted molar refractivity (Wildman–Crippen MR) is 106 cm³/mol. The summed E-state index contributed by atoms with van der Waals surface area (Å²) >= 11 is 6.10. The first-order valence-electron chi connectivity index (χ1n) is 8.62. The first-order valence-corrected chi connectivity index (χ1v) is 9.00. The number of rotatable bonds is 5. The second kappa shape index (κ2) is 7.28. The molecule has 0 atom stereocenters. The van der Waals surface area contributed by atoms with Crippen LogP contribution in [0.4, 0.5) is 5.82 Å². The lowest BCUT2D eigenvalue weighted by atomic mass is 10.2. The van der Waals surface area contributed by atoms with Crippen LogP contribution >= 0.6 is 11.6 Å². The van der Waals surface area contributed by atoms with Crippen molar-refractivity contribution in [2.45, 2.75) is 26.4 Å². The largest absolute Gasteiger partial charge is 0.362 e. The van der Waals surface area contributed by atoms with Crippen LogP contribution < -0.4 is 5.32 Å². The lowest BCUT2D eigenvalue weighted by Crippen LogP contribution is -2.06. The number of fused-ring (bicyclic) bond motifs is 1. The zero-order valence-electron chi connectivity index (χ0n) is 15.0. The Labute approximate surface area is 161 Å². The van der Waals surface area contributed by atoms with Gasteiger partial charge in [-0.2, -0.15) is 9.97 Å². The van der Waals surface area contributed by atoms with Crippen LogP contribution in [0.3, 0.4) is 0 Å². The van der Waals surface area contributed by atoms with E-state index >= 15 is 0 Å². The molecule has 27 heavy (non-hydrogen) atoms. The Bertz CT molecular complexity index is 1060. The number of aromatic nitrogens is 6. The first-order chi connectivity index (χ1) is 13.1. The molecule has 1 N–H and O–H groups in total. The molecule has 0 aliphatic heterocycles. The molecule has 4 rings (SSSR count). The van der Waals surface area contributed by atoms with Crippen LogP contribution in [0.5, 0.6) is 0 Å². The molecule has 0 saturated carbocycles. The lowest BCUT2D eigenvalue weighted by molar-refractivity contribution is 0.612. The smallest absolute Gasteiger partial charge is 0.226 e. The molecule has 0 radical (unpaired) electrons. The predicted octanol–water partition coefficient (Wildman–Crippen LogP) is 4.13. The number of anilines is 1. The van der Waals surface area contributed by atoms with Gasteiger partial charge < -0.3 is 9.88 Å². The minimum atomic E-state index is 0.186. The van der Waals surface area contributed by atoms with E-state index in [1.54, 1.807) is 12.5 Å². The van der Waals surface area contributed by atoms with Gasteiger partial charge >= 0.3 is 0 Å². The number of nitrogens with one attached hydrogen (secondary N) is 1. The van der Waals surface area contributed by atoms with Crippen molar-refractivity contribution in [1.82, 2.24) is 29.5 Å². The van der Waals surface area contributed by atoms with E-state index in [2.05, 4.69) is 44.1 Å². The van der Waals surface area contributed by atoms with Crippen LogP contribution in [0.2, 0.25) is 5.28 Å². The summed E-state index contributed by atoms with van der Waals surface area (Å²) < 4.78 is 1.97. The van der Waals surface area contributed by atoms with Gasteiger partial charge in [0, 0.05) is 24.0 Å². The summed E-state index contributed by atoms with van der Waals surface area (Å²) in [4.78, 5) is 21.9. The summed E-state index contributed by atoms with van der Waals surface area (Å²) in [6, 6.07) is 10.0. The van der Waals surface area contributed by atoms with Gasteiger partial charge in [0.05, 0.1) is 24.3 Å². The molecule has 0 aromatic carbocycles. The number of hydrogen-bond acceptors (Lipinski definition) is 6. The fourth-order valence-corrected chi connectivity index (χ4v) is 2.94. The number of imidazole rings is 1. The lowest BCUT2D eigenvalue weighted by Gasteiger charge is -2.09. The summed E-state index contributed by atoms with van der Waals surface area (Å²) in [7, 11) is 0. The second-order valence-electron chi connectivity index (χ2n) is 6.37. The zero-order chi connectivity index (χ0) is 18.8. The van der Waals surface area contributed by atoms with Crippen molar-refractivity contribution >= 4 is 28.6 Å². The fourth-order valence-electron chi connectivity index (χ4n) is 2.78. The van der Waals surface area contributed by atoms with E-state index < -0.39 is 0 Å². The van der Waals surface area contributed by atoms with Crippen molar-refractivity contribution in [2.75, 3.05) is 5.32 Å². The van der Waals surface area contributed by atoms with E-state index in [-0.39, 0.29) is 11.3 Å². The molecule has 0 unspecified atom stereocenters. The highest BCUT2D eigenvalue weighted by Gasteiger charge is 2.14. The van der Waals surface area contributed by atoms with Crippen LogP contribution in [0, 0.1) is 0 Å². The van der Waals surface area contributed by atoms with Gasteiger partial charge in [0.25, 0.3) is 0 Å². The fraction of sp³-hybridized carbons (Fsp3) is 0.211. The van der Waals surface area contributed by atoms with Gasteiger partial charge in [0.1, 0.15) is 0 Å². The highest BCUT2D eigenvalue weighted by Crippen LogP contribution is 2.23. The van der Waals surface area contributed by atoms with E-state index in [1.807, 2.05) is 41.1 Å². The van der Waals surface area contributed by atoms with Crippen LogP contribution in [0.25, 0.3) is 22.4 Å². The van der Waals surface area contributed by atoms with Gasteiger partial charge in [0.15, 0.2) is 17.0 Å². The summed E-state index contributed by atoms with van der Waals surface area (Å²) in [6.07, 6.45) is 5.34. The molecular formula is C19H18ClN7. The molecule has 0 amide bonds. The molecule has 4 aromatic rings. The molecule has 0 spiro atoms. The van der Waals surface area contributed by atoms with Crippen LogP contribution in [0.1, 0.15) is 25.6 Å². The minimum absolute atomic E-state index is 0.186. The van der Waals surface area contributed by atoms with E-state index in [9.17, 15) is 0 Å². The van der Waals surface area contributed by atoms with Gasteiger partial charge in [0.2, 0.25) is 5.28 Å². The van der Waals surface area contributed by atoms with Gasteiger partial charge in [-0.1, -0.05) is 6.07 Å². The Hall–Kier alpha value is -3.06. The molecular weight excluding hydrogens is 362 g/mol. The third-order valence-electron chi connectivity index (χ3n) is 4.17. The quantitative estimate of drug-likeness (QED) is 0.525. The van der Waals surface area contributed by atoms with Crippen molar-refractivity contribution in [3.8, 4) is 11.3 Å². The SMILES string of the molecule is CC(C)n1cnc2c(NCc3ccc(-c4ccccn4)cn3)nc(Cl)nc21. The molecule has 0 fully saturated rings. The van der Waals surface area contributed by atoms with Crippen LogP contribution in [-0.4, -0.2) is 29.5 Å². The molecule has 4 heterocycles. The number of hydrogen-bond donors (Lipinski definition) is 1. The van der Waals surface area contributed by atoms with Gasteiger partial charge in [-0.3, -0.25) is 9.97 Å². The maximum atomic E-state index is 6.10. The molecule has 0 aliphatic rings. The monoisotopic (exact) mass is 379 g/mol. The van der Waals surface area contributed by atoms with Gasteiger partial charge in [-0.15, -0.1) is 0 Å². The third kappa shape index (κ3) is 3.59. The molecule has 8 heteroatoms. The Morgan fingerprint density at radius 3 is 2.67 bits per heavy atom. The van der Waals surface area contributed by atoms with Crippen LogP contribution in [0.15, 0.2) is 49.1 Å². The molecule has 7 nitrogen and oxygen atoms in total. The minimum Gasteiger partial charge on any atom is -0.362 e. The Morgan fingerprint density at radius 1 is 1.07 bits per heavy atom. The molecule has 4 aromatic heterocycles.